The number of carbonyl (C=O) groups excluding carboxylic acids is 1. The Kier molecular flexibility index (Phi) is 4.16. The van der Waals surface area contributed by atoms with Crippen molar-refractivity contribution in [2.45, 2.75) is 31.1 Å². The van der Waals surface area contributed by atoms with E-state index in [9.17, 15) is 4.79 Å². The van der Waals surface area contributed by atoms with Gasteiger partial charge in [0.2, 0.25) is 5.91 Å². The van der Waals surface area contributed by atoms with Crippen LogP contribution < -0.4 is 10.1 Å². The zero-order valence-electron chi connectivity index (χ0n) is 11.5. The predicted octanol–water partition coefficient (Wildman–Crippen LogP) is 2.76. The Morgan fingerprint density at radius 3 is 3.00 bits per heavy atom. The van der Waals surface area contributed by atoms with Gasteiger partial charge in [0.1, 0.15) is 12.4 Å². The number of ether oxygens (including phenoxy) is 1. The van der Waals surface area contributed by atoms with E-state index in [4.69, 9.17) is 16.3 Å². The third-order valence-electron chi connectivity index (χ3n) is 4.35. The zero-order chi connectivity index (χ0) is 13.9. The maximum absolute atomic E-state index is 12.2. The van der Waals surface area contributed by atoms with E-state index in [1.165, 1.54) is 6.42 Å². The molecule has 108 valence electrons. The van der Waals surface area contributed by atoms with Crippen LogP contribution in [0.15, 0.2) is 24.3 Å². The summed E-state index contributed by atoms with van der Waals surface area (Å²) in [5.41, 5.74) is 1.12. The van der Waals surface area contributed by atoms with Crippen LogP contribution in [0.1, 0.15) is 24.8 Å². The quantitative estimate of drug-likeness (QED) is 0.870. The molecule has 1 aliphatic carbocycles. The normalized spacial score (nSPS) is 28.6. The van der Waals surface area contributed by atoms with Gasteiger partial charge in [-0.3, -0.25) is 4.79 Å². The molecule has 1 N–H and O–H groups in total. The number of nitrogens with one attached hydrogen (secondary N) is 1. The number of halogens is 1. The monoisotopic (exact) mass is 293 g/mol. The highest BCUT2D eigenvalue weighted by Crippen LogP contribution is 2.30. The average Bonchev–Trinajstić information content (AvgIpc) is 2.89. The van der Waals surface area contributed by atoms with Crippen molar-refractivity contribution >= 4 is 17.5 Å². The van der Waals surface area contributed by atoms with Crippen LogP contribution in [-0.4, -0.2) is 24.4 Å². The summed E-state index contributed by atoms with van der Waals surface area (Å²) in [5, 5.41) is 3.27. The van der Waals surface area contributed by atoms with Crippen LogP contribution in [0.25, 0.3) is 0 Å². The maximum atomic E-state index is 12.2. The van der Waals surface area contributed by atoms with Crippen molar-refractivity contribution in [3.8, 4) is 5.75 Å². The first kappa shape index (κ1) is 13.7. The molecule has 0 aromatic heterocycles. The molecule has 3 nitrogen and oxygen atoms in total. The van der Waals surface area contributed by atoms with E-state index in [1.807, 2.05) is 24.3 Å². The lowest BCUT2D eigenvalue weighted by Gasteiger charge is -2.25. The Labute approximate surface area is 124 Å². The summed E-state index contributed by atoms with van der Waals surface area (Å²) in [6.45, 7) is 1.17. The van der Waals surface area contributed by atoms with Crippen LogP contribution in [-0.2, 0) is 11.2 Å². The van der Waals surface area contributed by atoms with Gasteiger partial charge in [0.25, 0.3) is 0 Å². The molecular weight excluding hydrogens is 274 g/mol. The van der Waals surface area contributed by atoms with E-state index in [-0.39, 0.29) is 17.2 Å². The van der Waals surface area contributed by atoms with Crippen LogP contribution in [0.5, 0.6) is 5.75 Å². The van der Waals surface area contributed by atoms with Crippen molar-refractivity contribution in [1.82, 2.24) is 5.32 Å². The molecule has 4 heteroatoms. The predicted molar refractivity (Wildman–Crippen MR) is 79.1 cm³/mol. The van der Waals surface area contributed by atoms with Gasteiger partial charge in [-0.15, -0.1) is 11.6 Å². The number of carbonyl (C=O) groups is 1. The van der Waals surface area contributed by atoms with E-state index >= 15 is 0 Å². The summed E-state index contributed by atoms with van der Waals surface area (Å²) in [6, 6.07) is 7.93. The SMILES string of the molecule is O=C(NCC1CCCC1Cl)C1COc2ccccc2C1. The Bertz CT molecular complexity index is 491. The molecule has 1 fully saturated rings. The Morgan fingerprint density at radius 2 is 2.20 bits per heavy atom. The smallest absolute Gasteiger partial charge is 0.226 e. The third kappa shape index (κ3) is 2.93. The second-order valence-electron chi connectivity index (χ2n) is 5.77. The number of hydrogen-bond acceptors (Lipinski definition) is 2. The number of fused-ring (bicyclic) bond motifs is 1. The minimum atomic E-state index is -0.0833. The lowest BCUT2D eigenvalue weighted by molar-refractivity contribution is -0.126. The number of benzene rings is 1. The molecular formula is C16H20ClNO2. The summed E-state index contributed by atoms with van der Waals surface area (Å²) >= 11 is 6.24. The van der Waals surface area contributed by atoms with Crippen LogP contribution in [0.3, 0.4) is 0 Å². The molecule has 1 aromatic rings. The van der Waals surface area contributed by atoms with E-state index in [2.05, 4.69) is 5.32 Å². The molecule has 0 spiro atoms. The minimum absolute atomic E-state index is 0.0833. The van der Waals surface area contributed by atoms with E-state index in [0.717, 1.165) is 30.6 Å². The van der Waals surface area contributed by atoms with Crippen molar-refractivity contribution in [1.29, 1.82) is 0 Å². The lowest BCUT2D eigenvalue weighted by Crippen LogP contribution is -2.40. The van der Waals surface area contributed by atoms with Crippen molar-refractivity contribution in [3.05, 3.63) is 29.8 Å². The first-order valence-corrected chi connectivity index (χ1v) is 7.80. The molecule has 1 heterocycles. The topological polar surface area (TPSA) is 38.3 Å². The molecule has 0 bridgehead atoms. The summed E-state index contributed by atoms with van der Waals surface area (Å²) in [4.78, 5) is 12.2. The van der Waals surface area contributed by atoms with Gasteiger partial charge in [0, 0.05) is 11.9 Å². The lowest BCUT2D eigenvalue weighted by atomic mass is 9.96. The van der Waals surface area contributed by atoms with Gasteiger partial charge in [-0.1, -0.05) is 24.6 Å². The van der Waals surface area contributed by atoms with Crippen LogP contribution in [0, 0.1) is 11.8 Å². The van der Waals surface area contributed by atoms with Gasteiger partial charge in [0.15, 0.2) is 0 Å². The van der Waals surface area contributed by atoms with Gasteiger partial charge in [0.05, 0.1) is 5.92 Å². The number of alkyl halides is 1. The van der Waals surface area contributed by atoms with Crippen molar-refractivity contribution in [2.24, 2.45) is 11.8 Å². The molecule has 3 atom stereocenters. The highest BCUT2D eigenvalue weighted by atomic mass is 35.5. The Hall–Kier alpha value is -1.22. The maximum Gasteiger partial charge on any atom is 0.226 e. The summed E-state index contributed by atoms with van der Waals surface area (Å²) in [6.07, 6.45) is 4.13. The van der Waals surface area contributed by atoms with E-state index in [1.54, 1.807) is 0 Å². The summed E-state index contributed by atoms with van der Waals surface area (Å²) < 4.78 is 5.66. The van der Waals surface area contributed by atoms with Gasteiger partial charge in [-0.2, -0.15) is 0 Å². The Morgan fingerprint density at radius 1 is 1.35 bits per heavy atom. The fourth-order valence-electron chi connectivity index (χ4n) is 3.09. The molecule has 3 rings (SSSR count). The molecule has 1 saturated carbocycles. The third-order valence-corrected chi connectivity index (χ3v) is 4.93. The average molecular weight is 294 g/mol. The summed E-state index contributed by atoms with van der Waals surface area (Å²) in [5.74, 6) is 1.35. The molecule has 0 radical (unpaired) electrons. The molecule has 1 aromatic carbocycles. The second kappa shape index (κ2) is 6.04. The molecule has 3 unspecified atom stereocenters. The fourth-order valence-corrected chi connectivity index (χ4v) is 3.46. The van der Waals surface area contributed by atoms with Crippen molar-refractivity contribution in [2.75, 3.05) is 13.2 Å². The summed E-state index contributed by atoms with van der Waals surface area (Å²) in [7, 11) is 0. The molecule has 0 saturated heterocycles. The van der Waals surface area contributed by atoms with Crippen molar-refractivity contribution < 1.29 is 9.53 Å². The zero-order valence-corrected chi connectivity index (χ0v) is 12.2. The highest BCUT2D eigenvalue weighted by Gasteiger charge is 2.29. The van der Waals surface area contributed by atoms with Gasteiger partial charge < -0.3 is 10.1 Å². The van der Waals surface area contributed by atoms with Crippen LogP contribution in [0.4, 0.5) is 0 Å². The number of rotatable bonds is 3. The molecule has 20 heavy (non-hydrogen) atoms. The number of hydrogen-bond donors (Lipinski definition) is 1. The second-order valence-corrected chi connectivity index (χ2v) is 6.33. The van der Waals surface area contributed by atoms with Crippen LogP contribution >= 0.6 is 11.6 Å². The molecule has 1 amide bonds. The largest absolute Gasteiger partial charge is 0.492 e. The number of para-hydroxylation sites is 1. The fraction of sp³-hybridized carbons (Fsp3) is 0.562. The van der Waals surface area contributed by atoms with Gasteiger partial charge >= 0.3 is 0 Å². The first-order valence-electron chi connectivity index (χ1n) is 7.36. The van der Waals surface area contributed by atoms with Gasteiger partial charge in [-0.25, -0.2) is 0 Å². The first-order chi connectivity index (χ1) is 9.74. The van der Waals surface area contributed by atoms with Crippen molar-refractivity contribution in [3.63, 3.8) is 0 Å². The molecule has 1 aliphatic heterocycles. The van der Waals surface area contributed by atoms with Crippen LogP contribution in [0.2, 0.25) is 0 Å². The standard InChI is InChI=1S/C16H20ClNO2/c17-14-6-3-5-12(14)9-18-16(19)13-8-11-4-1-2-7-15(11)20-10-13/h1-2,4,7,12-14H,3,5-6,8-10H2,(H,18,19). The van der Waals surface area contributed by atoms with Gasteiger partial charge in [-0.05, 0) is 36.8 Å². The number of amides is 1. The highest BCUT2D eigenvalue weighted by molar-refractivity contribution is 6.21. The Balaban J connectivity index is 1.54. The minimum Gasteiger partial charge on any atom is -0.492 e. The van der Waals surface area contributed by atoms with E-state index in [0.29, 0.717) is 19.1 Å². The molecule has 2 aliphatic rings. The van der Waals surface area contributed by atoms with E-state index < -0.39 is 0 Å².